The Labute approximate surface area is 139 Å². The fourth-order valence-corrected chi connectivity index (χ4v) is 1.79. The van der Waals surface area contributed by atoms with Crippen molar-refractivity contribution in [3.8, 4) is 11.5 Å². The van der Waals surface area contributed by atoms with Crippen molar-refractivity contribution in [3.05, 3.63) is 60.2 Å². The van der Waals surface area contributed by atoms with Crippen LogP contribution in [0.1, 0.15) is 17.3 Å². The second kappa shape index (κ2) is 8.47. The lowest BCUT2D eigenvalue weighted by Crippen LogP contribution is -2.31. The SMILES string of the molecule is CC(=O)COC(=O)CNC(=O)c1ccc(Oc2ccccc2)cc1. The van der Waals surface area contributed by atoms with Gasteiger partial charge in [0.1, 0.15) is 24.7 Å². The summed E-state index contributed by atoms with van der Waals surface area (Å²) >= 11 is 0. The molecule has 0 heterocycles. The van der Waals surface area contributed by atoms with Gasteiger partial charge in [0.05, 0.1) is 0 Å². The van der Waals surface area contributed by atoms with Crippen molar-refractivity contribution in [2.24, 2.45) is 0 Å². The molecule has 2 rings (SSSR count). The van der Waals surface area contributed by atoms with Gasteiger partial charge in [-0.25, -0.2) is 0 Å². The molecule has 1 amide bonds. The summed E-state index contributed by atoms with van der Waals surface area (Å²) < 4.78 is 10.3. The van der Waals surface area contributed by atoms with Gasteiger partial charge in [0.15, 0.2) is 5.78 Å². The van der Waals surface area contributed by atoms with E-state index in [2.05, 4.69) is 10.1 Å². The normalized spacial score (nSPS) is 9.88. The molecule has 6 nitrogen and oxygen atoms in total. The summed E-state index contributed by atoms with van der Waals surface area (Å²) in [5.74, 6) is -0.0474. The molecule has 24 heavy (non-hydrogen) atoms. The molecule has 0 spiro atoms. The number of amides is 1. The number of nitrogens with one attached hydrogen (secondary N) is 1. The van der Waals surface area contributed by atoms with Crippen molar-refractivity contribution >= 4 is 17.7 Å². The number of carbonyl (C=O) groups excluding carboxylic acids is 3. The molecule has 0 aliphatic rings. The molecule has 0 atom stereocenters. The van der Waals surface area contributed by atoms with Crippen LogP contribution in [0.2, 0.25) is 0 Å². The number of carbonyl (C=O) groups is 3. The van der Waals surface area contributed by atoms with E-state index in [0.717, 1.165) is 0 Å². The van der Waals surface area contributed by atoms with Crippen LogP contribution in [-0.4, -0.2) is 30.8 Å². The molecule has 0 unspecified atom stereocenters. The molecule has 0 saturated heterocycles. The Morgan fingerprint density at radius 1 is 0.917 bits per heavy atom. The summed E-state index contributed by atoms with van der Waals surface area (Å²) in [5, 5.41) is 2.43. The quantitative estimate of drug-likeness (QED) is 0.789. The summed E-state index contributed by atoms with van der Waals surface area (Å²) in [7, 11) is 0. The number of ether oxygens (including phenoxy) is 2. The van der Waals surface area contributed by atoms with E-state index >= 15 is 0 Å². The first-order valence-electron chi connectivity index (χ1n) is 7.31. The van der Waals surface area contributed by atoms with Crippen LogP contribution in [0.5, 0.6) is 11.5 Å². The minimum absolute atomic E-state index is 0.260. The van der Waals surface area contributed by atoms with E-state index in [9.17, 15) is 14.4 Å². The maximum atomic E-state index is 11.9. The Hall–Kier alpha value is -3.15. The Bertz CT molecular complexity index is 710. The molecule has 2 aromatic rings. The summed E-state index contributed by atoms with van der Waals surface area (Å²) in [6, 6.07) is 15.8. The van der Waals surface area contributed by atoms with E-state index in [1.807, 2.05) is 30.3 Å². The Morgan fingerprint density at radius 2 is 1.54 bits per heavy atom. The molecule has 2 aromatic carbocycles. The molecule has 124 valence electrons. The molecule has 0 radical (unpaired) electrons. The third-order valence-corrected chi connectivity index (χ3v) is 2.93. The molecule has 0 saturated carbocycles. The second-order valence-electron chi connectivity index (χ2n) is 4.98. The second-order valence-corrected chi connectivity index (χ2v) is 4.98. The van der Waals surface area contributed by atoms with E-state index in [4.69, 9.17) is 4.74 Å². The number of hydrogen-bond acceptors (Lipinski definition) is 5. The number of hydrogen-bond donors (Lipinski definition) is 1. The number of esters is 1. The maximum absolute atomic E-state index is 11.9. The maximum Gasteiger partial charge on any atom is 0.325 e. The number of ketones is 1. The van der Waals surface area contributed by atoms with Crippen molar-refractivity contribution < 1.29 is 23.9 Å². The van der Waals surface area contributed by atoms with Gasteiger partial charge in [-0.1, -0.05) is 18.2 Å². The first kappa shape index (κ1) is 17.2. The monoisotopic (exact) mass is 327 g/mol. The number of rotatable bonds is 7. The van der Waals surface area contributed by atoms with E-state index < -0.39 is 11.9 Å². The molecular weight excluding hydrogens is 310 g/mol. The van der Waals surface area contributed by atoms with Gasteiger partial charge in [0.2, 0.25) is 0 Å². The minimum Gasteiger partial charge on any atom is -0.457 e. The van der Waals surface area contributed by atoms with E-state index in [0.29, 0.717) is 17.1 Å². The molecule has 6 heteroatoms. The van der Waals surface area contributed by atoms with Crippen LogP contribution in [-0.2, 0) is 14.3 Å². The zero-order valence-corrected chi connectivity index (χ0v) is 13.2. The van der Waals surface area contributed by atoms with Gasteiger partial charge in [0.25, 0.3) is 5.91 Å². The molecule has 0 fully saturated rings. The van der Waals surface area contributed by atoms with Crippen LogP contribution < -0.4 is 10.1 Å². The van der Waals surface area contributed by atoms with Crippen molar-refractivity contribution in [1.29, 1.82) is 0 Å². The van der Waals surface area contributed by atoms with Crippen LogP contribution >= 0.6 is 0 Å². The zero-order valence-electron chi connectivity index (χ0n) is 13.2. The van der Waals surface area contributed by atoms with E-state index in [-0.39, 0.29) is 18.9 Å². The molecule has 0 aliphatic heterocycles. The average Bonchev–Trinajstić information content (AvgIpc) is 2.59. The third-order valence-electron chi connectivity index (χ3n) is 2.93. The highest BCUT2D eigenvalue weighted by Gasteiger charge is 2.10. The molecule has 0 aromatic heterocycles. The average molecular weight is 327 g/mol. The molecule has 0 aliphatic carbocycles. The first-order chi connectivity index (χ1) is 11.5. The van der Waals surface area contributed by atoms with E-state index in [1.54, 1.807) is 24.3 Å². The fourth-order valence-electron chi connectivity index (χ4n) is 1.79. The Kier molecular flexibility index (Phi) is 6.08. The summed E-state index contributed by atoms with van der Waals surface area (Å²) in [6.45, 7) is 0.722. The standard InChI is InChI=1S/C18H17NO5/c1-13(20)12-23-17(21)11-19-18(22)14-7-9-16(10-8-14)24-15-5-3-2-4-6-15/h2-10H,11-12H2,1H3,(H,19,22). The van der Waals surface area contributed by atoms with Gasteiger partial charge in [0, 0.05) is 5.56 Å². The largest absolute Gasteiger partial charge is 0.457 e. The smallest absolute Gasteiger partial charge is 0.325 e. The van der Waals surface area contributed by atoms with Gasteiger partial charge in [-0.3, -0.25) is 14.4 Å². The highest BCUT2D eigenvalue weighted by molar-refractivity contribution is 5.96. The lowest BCUT2D eigenvalue weighted by Gasteiger charge is -2.07. The van der Waals surface area contributed by atoms with Gasteiger partial charge >= 0.3 is 5.97 Å². The Morgan fingerprint density at radius 3 is 2.17 bits per heavy atom. The van der Waals surface area contributed by atoms with Crippen LogP contribution in [0.25, 0.3) is 0 Å². The van der Waals surface area contributed by atoms with Crippen molar-refractivity contribution in [3.63, 3.8) is 0 Å². The number of benzene rings is 2. The van der Waals surface area contributed by atoms with E-state index in [1.165, 1.54) is 6.92 Å². The van der Waals surface area contributed by atoms with Crippen LogP contribution in [0.15, 0.2) is 54.6 Å². The lowest BCUT2D eigenvalue weighted by molar-refractivity contribution is -0.146. The van der Waals surface area contributed by atoms with Gasteiger partial charge in [-0.05, 0) is 43.3 Å². The van der Waals surface area contributed by atoms with Crippen LogP contribution in [0, 0.1) is 0 Å². The number of para-hydroxylation sites is 1. The summed E-state index contributed by atoms with van der Waals surface area (Å²) in [5.41, 5.74) is 0.384. The predicted octanol–water partition coefficient (Wildman–Crippen LogP) is 2.34. The molecule has 0 bridgehead atoms. The number of Topliss-reactive ketones (excluding diaryl/α,β-unsaturated/α-hetero) is 1. The Balaban J connectivity index is 1.85. The van der Waals surface area contributed by atoms with Crippen LogP contribution in [0.3, 0.4) is 0 Å². The van der Waals surface area contributed by atoms with Gasteiger partial charge in [-0.2, -0.15) is 0 Å². The summed E-state index contributed by atoms with van der Waals surface area (Å²) in [6.07, 6.45) is 0. The van der Waals surface area contributed by atoms with Crippen LogP contribution in [0.4, 0.5) is 0 Å². The molecule has 1 N–H and O–H groups in total. The molecular formula is C18H17NO5. The predicted molar refractivity (Wildman–Crippen MR) is 86.9 cm³/mol. The highest BCUT2D eigenvalue weighted by Crippen LogP contribution is 2.20. The van der Waals surface area contributed by atoms with Gasteiger partial charge < -0.3 is 14.8 Å². The lowest BCUT2D eigenvalue weighted by atomic mass is 10.2. The zero-order chi connectivity index (χ0) is 17.4. The van der Waals surface area contributed by atoms with Crippen molar-refractivity contribution in [1.82, 2.24) is 5.32 Å². The topological polar surface area (TPSA) is 81.7 Å². The fraction of sp³-hybridized carbons (Fsp3) is 0.167. The minimum atomic E-state index is -0.664. The van der Waals surface area contributed by atoms with Crippen molar-refractivity contribution in [2.75, 3.05) is 13.2 Å². The third kappa shape index (κ3) is 5.57. The highest BCUT2D eigenvalue weighted by atomic mass is 16.5. The van der Waals surface area contributed by atoms with Crippen molar-refractivity contribution in [2.45, 2.75) is 6.92 Å². The summed E-state index contributed by atoms with van der Waals surface area (Å²) in [4.78, 5) is 34.0. The first-order valence-corrected chi connectivity index (χ1v) is 7.31. The van der Waals surface area contributed by atoms with Gasteiger partial charge in [-0.15, -0.1) is 0 Å².